The van der Waals surface area contributed by atoms with Crippen molar-refractivity contribution in [1.82, 2.24) is 19.8 Å². The Hall–Kier alpha value is -2.27. The topological polar surface area (TPSA) is 49.3 Å². The summed E-state index contributed by atoms with van der Waals surface area (Å²) in [5.74, 6) is 0.841. The van der Waals surface area contributed by atoms with Crippen LogP contribution in [0.4, 0.5) is 0 Å². The fourth-order valence-corrected chi connectivity index (χ4v) is 3.86. The molecule has 2 fully saturated rings. The minimum absolute atomic E-state index is 0.118. The van der Waals surface area contributed by atoms with E-state index in [-0.39, 0.29) is 5.91 Å². The summed E-state index contributed by atoms with van der Waals surface area (Å²) in [7, 11) is 0. The molecule has 1 amide bonds. The molecule has 5 nitrogen and oxygen atoms in total. The summed E-state index contributed by atoms with van der Waals surface area (Å²) in [5.41, 5.74) is 2.97. The highest BCUT2D eigenvalue weighted by Crippen LogP contribution is 2.34. The fourth-order valence-electron chi connectivity index (χ4n) is 3.86. The van der Waals surface area contributed by atoms with E-state index >= 15 is 0 Å². The molecule has 2 aliphatic heterocycles. The highest BCUT2D eigenvalue weighted by molar-refractivity contribution is 5.95. The number of rotatable bonds is 3. The average molecular weight is 322 g/mol. The lowest BCUT2D eigenvalue weighted by molar-refractivity contribution is -0.0428. The van der Waals surface area contributed by atoms with Crippen LogP contribution in [0.1, 0.15) is 27.9 Å². The molecule has 2 aromatic rings. The van der Waals surface area contributed by atoms with Crippen molar-refractivity contribution in [2.75, 3.05) is 19.6 Å². The summed E-state index contributed by atoms with van der Waals surface area (Å²) in [4.78, 5) is 25.6. The van der Waals surface area contributed by atoms with Crippen LogP contribution in [0.15, 0.2) is 43.0 Å². The molecule has 4 heterocycles. The molecule has 0 unspecified atom stereocenters. The molecular weight excluding hydrogens is 300 g/mol. The molecule has 0 aliphatic carbocycles. The second kappa shape index (κ2) is 6.32. The van der Waals surface area contributed by atoms with Crippen LogP contribution in [0.2, 0.25) is 0 Å². The van der Waals surface area contributed by atoms with Crippen molar-refractivity contribution in [3.63, 3.8) is 0 Å². The maximum absolute atomic E-state index is 12.8. The molecule has 0 spiro atoms. The van der Waals surface area contributed by atoms with E-state index < -0.39 is 0 Å². The van der Waals surface area contributed by atoms with E-state index in [0.717, 1.165) is 49.6 Å². The third kappa shape index (κ3) is 2.80. The van der Waals surface area contributed by atoms with Crippen LogP contribution in [0.3, 0.4) is 0 Å². The van der Waals surface area contributed by atoms with Crippen molar-refractivity contribution in [3.05, 3.63) is 59.7 Å². The highest BCUT2D eigenvalue weighted by Gasteiger charge is 2.43. The third-order valence-electron chi connectivity index (χ3n) is 5.32. The first kappa shape index (κ1) is 15.3. The van der Waals surface area contributed by atoms with Crippen LogP contribution in [-0.2, 0) is 6.54 Å². The molecule has 2 aliphatic rings. The zero-order valence-corrected chi connectivity index (χ0v) is 13.9. The number of hydrogen-bond donors (Lipinski definition) is 0. The lowest BCUT2D eigenvalue weighted by Gasteiger charge is -2.53. The van der Waals surface area contributed by atoms with E-state index in [9.17, 15) is 4.79 Å². The predicted molar refractivity (Wildman–Crippen MR) is 91.4 cm³/mol. The van der Waals surface area contributed by atoms with Gasteiger partial charge in [-0.1, -0.05) is 6.07 Å². The molecule has 0 saturated carbocycles. The third-order valence-corrected chi connectivity index (χ3v) is 5.32. The smallest absolute Gasteiger partial charge is 0.255 e. The Labute approximate surface area is 142 Å². The molecule has 2 atom stereocenters. The van der Waals surface area contributed by atoms with Crippen molar-refractivity contribution in [2.24, 2.45) is 5.92 Å². The number of aromatic nitrogens is 2. The number of fused-ring (bicyclic) bond motifs is 1. The van der Waals surface area contributed by atoms with Gasteiger partial charge in [0, 0.05) is 57.0 Å². The zero-order chi connectivity index (χ0) is 16.5. The molecule has 0 bridgehead atoms. The monoisotopic (exact) mass is 322 g/mol. The average Bonchev–Trinajstić information content (AvgIpc) is 2.60. The van der Waals surface area contributed by atoms with Gasteiger partial charge in [0.25, 0.3) is 5.91 Å². The zero-order valence-electron chi connectivity index (χ0n) is 13.9. The highest BCUT2D eigenvalue weighted by atomic mass is 16.2. The number of piperidine rings is 1. The van der Waals surface area contributed by atoms with Gasteiger partial charge in [0.2, 0.25) is 0 Å². The van der Waals surface area contributed by atoms with Crippen LogP contribution in [-0.4, -0.2) is 51.4 Å². The maximum Gasteiger partial charge on any atom is 0.255 e. The second-order valence-corrected chi connectivity index (χ2v) is 6.85. The number of nitrogens with zero attached hydrogens (tertiary/aromatic N) is 4. The minimum Gasteiger partial charge on any atom is -0.337 e. The van der Waals surface area contributed by atoms with Gasteiger partial charge >= 0.3 is 0 Å². The lowest BCUT2D eigenvalue weighted by Crippen LogP contribution is -2.64. The fraction of sp³-hybridized carbons (Fsp3) is 0.421. The molecule has 2 aromatic heterocycles. The quantitative estimate of drug-likeness (QED) is 0.869. The normalized spacial score (nSPS) is 23.5. The summed E-state index contributed by atoms with van der Waals surface area (Å²) >= 11 is 0. The molecule has 0 aromatic carbocycles. The minimum atomic E-state index is 0.118. The van der Waals surface area contributed by atoms with E-state index in [1.807, 2.05) is 30.2 Å². The number of pyridine rings is 2. The van der Waals surface area contributed by atoms with E-state index in [4.69, 9.17) is 0 Å². The van der Waals surface area contributed by atoms with Gasteiger partial charge in [-0.2, -0.15) is 0 Å². The van der Waals surface area contributed by atoms with E-state index in [2.05, 4.69) is 20.9 Å². The summed E-state index contributed by atoms with van der Waals surface area (Å²) in [6.07, 6.45) is 8.26. The van der Waals surface area contributed by atoms with E-state index in [0.29, 0.717) is 6.04 Å². The number of amides is 1. The SMILES string of the molecule is Cc1ccncc1C(=O)N1CC[C@@H]2CN(Cc3cccnc3)[C@@H]2C1. The number of aryl methyl sites for hydroxylation is 1. The lowest BCUT2D eigenvalue weighted by atomic mass is 9.82. The number of likely N-dealkylation sites (tertiary alicyclic amines) is 2. The van der Waals surface area contributed by atoms with Gasteiger partial charge in [0.05, 0.1) is 5.56 Å². The summed E-state index contributed by atoms with van der Waals surface area (Å²) in [6.45, 7) is 5.70. The van der Waals surface area contributed by atoms with Gasteiger partial charge in [0.1, 0.15) is 0 Å². The summed E-state index contributed by atoms with van der Waals surface area (Å²) < 4.78 is 0. The number of carbonyl (C=O) groups is 1. The van der Waals surface area contributed by atoms with Crippen molar-refractivity contribution in [1.29, 1.82) is 0 Å². The van der Waals surface area contributed by atoms with Crippen molar-refractivity contribution in [3.8, 4) is 0 Å². The number of hydrogen-bond acceptors (Lipinski definition) is 4. The predicted octanol–water partition coefficient (Wildman–Crippen LogP) is 2.13. The maximum atomic E-state index is 12.8. The second-order valence-electron chi connectivity index (χ2n) is 6.85. The van der Waals surface area contributed by atoms with Crippen LogP contribution < -0.4 is 0 Å². The summed E-state index contributed by atoms with van der Waals surface area (Å²) in [6, 6.07) is 6.47. The first-order chi connectivity index (χ1) is 11.7. The molecule has 0 N–H and O–H groups in total. The Bertz CT molecular complexity index is 733. The Morgan fingerprint density at radius 2 is 2.08 bits per heavy atom. The van der Waals surface area contributed by atoms with Crippen molar-refractivity contribution < 1.29 is 4.79 Å². The molecule has 4 rings (SSSR count). The Balaban J connectivity index is 1.44. The molecule has 2 saturated heterocycles. The van der Waals surface area contributed by atoms with E-state index in [1.54, 1.807) is 18.6 Å². The molecular formula is C19H22N4O. The largest absolute Gasteiger partial charge is 0.337 e. The number of carbonyl (C=O) groups excluding carboxylic acids is 1. The van der Waals surface area contributed by atoms with Crippen molar-refractivity contribution in [2.45, 2.75) is 25.9 Å². The van der Waals surface area contributed by atoms with Gasteiger partial charge in [-0.25, -0.2) is 0 Å². The van der Waals surface area contributed by atoms with Gasteiger partial charge in [0.15, 0.2) is 0 Å². The van der Waals surface area contributed by atoms with Gasteiger partial charge in [-0.15, -0.1) is 0 Å². The first-order valence-corrected chi connectivity index (χ1v) is 8.55. The van der Waals surface area contributed by atoms with Crippen LogP contribution in [0.25, 0.3) is 0 Å². The standard InChI is InChI=1S/C19H22N4O/c1-14-4-7-21-10-17(14)19(24)22-8-5-16-12-23(18(16)13-22)11-15-3-2-6-20-9-15/h2-4,6-7,9-10,16,18H,5,8,11-13H2,1H3/t16-,18-/m1/s1. The van der Waals surface area contributed by atoms with Crippen LogP contribution >= 0.6 is 0 Å². The van der Waals surface area contributed by atoms with Crippen molar-refractivity contribution >= 4 is 5.91 Å². The molecule has 0 radical (unpaired) electrons. The Morgan fingerprint density at radius 1 is 1.21 bits per heavy atom. The first-order valence-electron chi connectivity index (χ1n) is 8.55. The van der Waals surface area contributed by atoms with Crippen LogP contribution in [0.5, 0.6) is 0 Å². The summed E-state index contributed by atoms with van der Waals surface area (Å²) in [5, 5.41) is 0. The van der Waals surface area contributed by atoms with Gasteiger partial charge < -0.3 is 4.90 Å². The van der Waals surface area contributed by atoms with Crippen LogP contribution in [0, 0.1) is 12.8 Å². The van der Waals surface area contributed by atoms with E-state index in [1.165, 1.54) is 5.56 Å². The van der Waals surface area contributed by atoms with Gasteiger partial charge in [-0.05, 0) is 42.5 Å². The Kier molecular flexibility index (Phi) is 4.02. The molecule has 124 valence electrons. The molecule has 24 heavy (non-hydrogen) atoms. The molecule has 5 heteroatoms. The Morgan fingerprint density at radius 3 is 2.88 bits per heavy atom. The van der Waals surface area contributed by atoms with Gasteiger partial charge in [-0.3, -0.25) is 19.7 Å².